The summed E-state index contributed by atoms with van der Waals surface area (Å²) >= 11 is 0. The third kappa shape index (κ3) is 3.24. The lowest BCUT2D eigenvalue weighted by molar-refractivity contribution is -0.0846. The molecule has 0 amide bonds. The molecule has 0 unspecified atom stereocenters. The van der Waals surface area contributed by atoms with Crippen LogP contribution in [0.25, 0.3) is 0 Å². The number of nitrogens with zero attached hydrogens (tertiary/aromatic N) is 1. The standard InChI is InChI=1S/C22H27NO2/c1-23-20-12-17(13-21(23)16-25-15-20)14-22(24,18-8-4-2-5-9-18)19-10-6-3-7-11-19/h2-11,17,20-21,24H,12-16H2,1H3/t17-,20-,21+. The first-order valence-corrected chi connectivity index (χ1v) is 9.30. The topological polar surface area (TPSA) is 32.7 Å². The molecule has 2 heterocycles. The zero-order chi connectivity index (χ0) is 17.3. The monoisotopic (exact) mass is 337 g/mol. The highest BCUT2D eigenvalue weighted by Gasteiger charge is 2.41. The molecule has 0 radical (unpaired) electrons. The van der Waals surface area contributed by atoms with Crippen LogP contribution in [0, 0.1) is 5.92 Å². The molecule has 2 fully saturated rings. The second-order valence-electron chi connectivity index (χ2n) is 7.64. The molecule has 1 N–H and O–H groups in total. The number of hydrogen-bond donors (Lipinski definition) is 1. The molecule has 3 atom stereocenters. The number of piperidine rings is 1. The average Bonchev–Trinajstić information content (AvgIpc) is 2.64. The molecule has 4 rings (SSSR count). The van der Waals surface area contributed by atoms with Crippen molar-refractivity contribution in [1.82, 2.24) is 4.90 Å². The molecular formula is C22H27NO2. The van der Waals surface area contributed by atoms with Crippen molar-refractivity contribution in [2.45, 2.75) is 36.9 Å². The predicted molar refractivity (Wildman–Crippen MR) is 99.4 cm³/mol. The van der Waals surface area contributed by atoms with E-state index in [4.69, 9.17) is 4.74 Å². The Bertz CT molecular complexity index is 634. The van der Waals surface area contributed by atoms with Crippen LogP contribution in [-0.2, 0) is 10.3 Å². The summed E-state index contributed by atoms with van der Waals surface area (Å²) < 4.78 is 5.75. The lowest BCUT2D eigenvalue weighted by Crippen LogP contribution is -2.55. The molecular weight excluding hydrogens is 310 g/mol. The van der Waals surface area contributed by atoms with E-state index in [1.165, 1.54) is 0 Å². The molecule has 3 nitrogen and oxygen atoms in total. The number of fused-ring (bicyclic) bond motifs is 2. The Morgan fingerprint density at radius 1 is 0.920 bits per heavy atom. The molecule has 2 aliphatic rings. The first-order valence-electron chi connectivity index (χ1n) is 9.30. The molecule has 2 aliphatic heterocycles. The molecule has 3 heteroatoms. The molecule has 0 aromatic heterocycles. The van der Waals surface area contributed by atoms with Gasteiger partial charge in [-0.25, -0.2) is 0 Å². The lowest BCUT2D eigenvalue weighted by atomic mass is 9.74. The fourth-order valence-corrected chi connectivity index (χ4v) is 4.62. The summed E-state index contributed by atoms with van der Waals surface area (Å²) in [6.07, 6.45) is 2.95. The molecule has 0 saturated carbocycles. The van der Waals surface area contributed by atoms with Gasteiger partial charge in [-0.3, -0.25) is 4.90 Å². The molecule has 2 bridgehead atoms. The summed E-state index contributed by atoms with van der Waals surface area (Å²) in [6, 6.07) is 21.2. The Morgan fingerprint density at radius 3 is 1.88 bits per heavy atom. The number of rotatable bonds is 4. The number of ether oxygens (including phenoxy) is 1. The fraction of sp³-hybridized carbons (Fsp3) is 0.455. The zero-order valence-electron chi connectivity index (χ0n) is 14.8. The fourth-order valence-electron chi connectivity index (χ4n) is 4.62. The first kappa shape index (κ1) is 16.8. The maximum atomic E-state index is 11.8. The molecule has 0 spiro atoms. The Balaban J connectivity index is 1.64. The summed E-state index contributed by atoms with van der Waals surface area (Å²) in [6.45, 7) is 1.64. The van der Waals surface area contributed by atoms with Crippen molar-refractivity contribution in [3.8, 4) is 0 Å². The Labute approximate surface area is 150 Å². The van der Waals surface area contributed by atoms with Gasteiger partial charge < -0.3 is 9.84 Å². The first-order chi connectivity index (χ1) is 12.2. The molecule has 132 valence electrons. The van der Waals surface area contributed by atoms with Crippen LogP contribution in [0.3, 0.4) is 0 Å². The normalized spacial score (nSPS) is 27.2. The average molecular weight is 337 g/mol. The van der Waals surface area contributed by atoms with Crippen molar-refractivity contribution in [3.63, 3.8) is 0 Å². The maximum absolute atomic E-state index is 11.8. The Morgan fingerprint density at radius 2 is 1.40 bits per heavy atom. The van der Waals surface area contributed by atoms with Gasteiger partial charge >= 0.3 is 0 Å². The summed E-state index contributed by atoms with van der Waals surface area (Å²) in [5.74, 6) is 0.500. The summed E-state index contributed by atoms with van der Waals surface area (Å²) in [4.78, 5) is 2.48. The molecule has 25 heavy (non-hydrogen) atoms. The predicted octanol–water partition coefficient (Wildman–Crippen LogP) is 3.42. The molecule has 2 aromatic rings. The lowest BCUT2D eigenvalue weighted by Gasteiger charge is -2.48. The number of likely N-dealkylation sites (N-methyl/N-ethyl adjacent to an activating group) is 1. The molecule has 2 saturated heterocycles. The van der Waals surface area contributed by atoms with E-state index in [0.717, 1.165) is 43.6 Å². The number of morpholine rings is 1. The van der Waals surface area contributed by atoms with E-state index in [1.54, 1.807) is 0 Å². The Kier molecular flexibility index (Phi) is 4.63. The van der Waals surface area contributed by atoms with Gasteiger partial charge in [0.25, 0.3) is 0 Å². The van der Waals surface area contributed by atoms with E-state index in [-0.39, 0.29) is 0 Å². The van der Waals surface area contributed by atoms with Crippen LogP contribution in [0.5, 0.6) is 0 Å². The van der Waals surface area contributed by atoms with Crippen LogP contribution in [0.4, 0.5) is 0 Å². The van der Waals surface area contributed by atoms with Crippen LogP contribution in [0.15, 0.2) is 60.7 Å². The van der Waals surface area contributed by atoms with Crippen LogP contribution < -0.4 is 0 Å². The third-order valence-corrected chi connectivity index (χ3v) is 6.07. The van der Waals surface area contributed by atoms with Crippen LogP contribution >= 0.6 is 0 Å². The van der Waals surface area contributed by atoms with Gasteiger partial charge in [0.1, 0.15) is 5.60 Å². The van der Waals surface area contributed by atoms with Gasteiger partial charge in [-0.2, -0.15) is 0 Å². The molecule has 0 aliphatic carbocycles. The summed E-state index contributed by atoms with van der Waals surface area (Å²) in [5.41, 5.74) is 1.04. The minimum atomic E-state index is -0.932. The van der Waals surface area contributed by atoms with E-state index in [1.807, 2.05) is 60.7 Å². The Hall–Kier alpha value is -1.68. The van der Waals surface area contributed by atoms with E-state index >= 15 is 0 Å². The quantitative estimate of drug-likeness (QED) is 0.928. The largest absolute Gasteiger partial charge is 0.380 e. The SMILES string of the molecule is CN1[C@@H]2COC[C@H]1C[C@@H](CC(O)(c1ccccc1)c1ccccc1)C2. The van der Waals surface area contributed by atoms with Gasteiger partial charge in [-0.05, 0) is 43.4 Å². The van der Waals surface area contributed by atoms with E-state index in [0.29, 0.717) is 18.0 Å². The van der Waals surface area contributed by atoms with E-state index < -0.39 is 5.60 Å². The van der Waals surface area contributed by atoms with Gasteiger partial charge in [-0.15, -0.1) is 0 Å². The smallest absolute Gasteiger partial charge is 0.115 e. The summed E-state index contributed by atoms with van der Waals surface area (Å²) in [7, 11) is 2.22. The van der Waals surface area contributed by atoms with Crippen molar-refractivity contribution in [1.29, 1.82) is 0 Å². The second-order valence-corrected chi connectivity index (χ2v) is 7.64. The minimum absolute atomic E-state index is 0.480. The number of aliphatic hydroxyl groups is 1. The van der Waals surface area contributed by atoms with Crippen molar-refractivity contribution in [2.75, 3.05) is 20.3 Å². The van der Waals surface area contributed by atoms with Crippen LogP contribution in [0.2, 0.25) is 0 Å². The van der Waals surface area contributed by atoms with Gasteiger partial charge in [0, 0.05) is 12.1 Å². The van der Waals surface area contributed by atoms with E-state index in [2.05, 4.69) is 11.9 Å². The maximum Gasteiger partial charge on any atom is 0.115 e. The second kappa shape index (κ2) is 6.91. The minimum Gasteiger partial charge on any atom is -0.380 e. The van der Waals surface area contributed by atoms with Crippen molar-refractivity contribution < 1.29 is 9.84 Å². The van der Waals surface area contributed by atoms with Gasteiger partial charge in [0.2, 0.25) is 0 Å². The highest BCUT2D eigenvalue weighted by molar-refractivity contribution is 5.36. The van der Waals surface area contributed by atoms with Gasteiger partial charge in [0.05, 0.1) is 13.2 Å². The van der Waals surface area contributed by atoms with Crippen LogP contribution in [0.1, 0.15) is 30.4 Å². The highest BCUT2D eigenvalue weighted by Crippen LogP contribution is 2.41. The van der Waals surface area contributed by atoms with Crippen LogP contribution in [-0.4, -0.2) is 42.4 Å². The zero-order valence-corrected chi connectivity index (χ0v) is 14.8. The van der Waals surface area contributed by atoms with Crippen molar-refractivity contribution in [3.05, 3.63) is 71.8 Å². The van der Waals surface area contributed by atoms with Crippen molar-refractivity contribution in [2.24, 2.45) is 5.92 Å². The molecule has 2 aromatic carbocycles. The number of hydrogen-bond acceptors (Lipinski definition) is 3. The number of benzene rings is 2. The summed E-state index contributed by atoms with van der Waals surface area (Å²) in [5, 5.41) is 11.8. The third-order valence-electron chi connectivity index (χ3n) is 6.07. The van der Waals surface area contributed by atoms with Gasteiger partial charge in [0.15, 0.2) is 0 Å². The van der Waals surface area contributed by atoms with Crippen molar-refractivity contribution >= 4 is 0 Å². The van der Waals surface area contributed by atoms with Gasteiger partial charge in [-0.1, -0.05) is 60.7 Å². The van der Waals surface area contributed by atoms with E-state index in [9.17, 15) is 5.11 Å². The highest BCUT2D eigenvalue weighted by atomic mass is 16.5.